The van der Waals surface area contributed by atoms with Crippen molar-refractivity contribution in [1.29, 1.82) is 0 Å². The average molecular weight is 172 g/mol. The Morgan fingerprint density at radius 3 is 2.00 bits per heavy atom. The van der Waals surface area contributed by atoms with Gasteiger partial charge in [0.15, 0.2) is 0 Å². The number of carbonyl (C=O) groups is 2. The van der Waals surface area contributed by atoms with E-state index in [2.05, 4.69) is 7.05 Å². The normalized spacial score (nSPS) is 10.8. The van der Waals surface area contributed by atoms with Crippen LogP contribution in [0.5, 0.6) is 0 Å². The predicted molar refractivity (Wildman–Crippen MR) is 44.1 cm³/mol. The van der Waals surface area contributed by atoms with Gasteiger partial charge in [0, 0.05) is 6.92 Å². The van der Waals surface area contributed by atoms with Crippen molar-refractivity contribution in [2.75, 3.05) is 0 Å². The van der Waals surface area contributed by atoms with E-state index in [-0.39, 0.29) is 0 Å². The van der Waals surface area contributed by atoms with Crippen molar-refractivity contribution in [1.82, 2.24) is 4.90 Å². The van der Waals surface area contributed by atoms with E-state index in [4.69, 9.17) is 4.74 Å². The molecule has 2 amide bonds. The topological polar surface area (TPSA) is 46.6 Å². The van der Waals surface area contributed by atoms with Crippen LogP contribution in [0.3, 0.4) is 0 Å². The SMILES string of the molecule is [CH2]N(C(C)=O)C(=O)OC(C)(C)C. The minimum absolute atomic E-state index is 0.441. The molecule has 4 nitrogen and oxygen atoms in total. The molecule has 0 fully saturated rings. The first-order valence-electron chi connectivity index (χ1n) is 3.58. The Labute approximate surface area is 72.5 Å². The lowest BCUT2D eigenvalue weighted by Gasteiger charge is -2.22. The molecular weight excluding hydrogens is 158 g/mol. The van der Waals surface area contributed by atoms with E-state index in [9.17, 15) is 9.59 Å². The van der Waals surface area contributed by atoms with Gasteiger partial charge in [0.25, 0.3) is 0 Å². The summed E-state index contributed by atoms with van der Waals surface area (Å²) < 4.78 is 4.86. The first kappa shape index (κ1) is 10.9. The van der Waals surface area contributed by atoms with Gasteiger partial charge in [-0.3, -0.25) is 4.79 Å². The predicted octanol–water partition coefficient (Wildman–Crippen LogP) is 1.56. The van der Waals surface area contributed by atoms with Gasteiger partial charge in [-0.2, -0.15) is 0 Å². The molecule has 0 saturated heterocycles. The third-order valence-corrected chi connectivity index (χ3v) is 0.994. The van der Waals surface area contributed by atoms with E-state index >= 15 is 0 Å². The summed E-state index contributed by atoms with van der Waals surface area (Å²) in [4.78, 5) is 22.3. The fraction of sp³-hybridized carbons (Fsp3) is 0.625. The first-order valence-corrected chi connectivity index (χ1v) is 3.58. The van der Waals surface area contributed by atoms with Gasteiger partial charge in [0.2, 0.25) is 5.91 Å². The van der Waals surface area contributed by atoms with Crippen LogP contribution in [0.4, 0.5) is 4.79 Å². The highest BCUT2D eigenvalue weighted by Crippen LogP contribution is 2.09. The molecule has 0 heterocycles. The van der Waals surface area contributed by atoms with Gasteiger partial charge < -0.3 is 4.74 Å². The molecule has 0 bridgehead atoms. The lowest BCUT2D eigenvalue weighted by Crippen LogP contribution is -2.35. The van der Waals surface area contributed by atoms with Crippen molar-refractivity contribution in [2.45, 2.75) is 33.3 Å². The summed E-state index contributed by atoms with van der Waals surface area (Å²) in [5, 5.41) is 0. The first-order chi connectivity index (χ1) is 5.24. The molecule has 0 saturated carbocycles. The van der Waals surface area contributed by atoms with Gasteiger partial charge in [-0.15, -0.1) is 0 Å². The molecule has 69 valence electrons. The fourth-order valence-electron chi connectivity index (χ4n) is 0.446. The van der Waals surface area contributed by atoms with Crippen LogP contribution in [0.15, 0.2) is 0 Å². The van der Waals surface area contributed by atoms with Crippen molar-refractivity contribution in [3.8, 4) is 0 Å². The van der Waals surface area contributed by atoms with Crippen molar-refractivity contribution >= 4 is 12.0 Å². The number of rotatable bonds is 0. The molecule has 0 aromatic heterocycles. The van der Waals surface area contributed by atoms with Gasteiger partial charge in [0.1, 0.15) is 5.60 Å². The molecule has 0 spiro atoms. The monoisotopic (exact) mass is 172 g/mol. The quantitative estimate of drug-likeness (QED) is 0.557. The zero-order chi connectivity index (χ0) is 9.94. The maximum Gasteiger partial charge on any atom is 0.417 e. The molecule has 12 heavy (non-hydrogen) atoms. The average Bonchev–Trinajstić information content (AvgIpc) is 1.82. The number of carbonyl (C=O) groups excluding carboxylic acids is 2. The van der Waals surface area contributed by atoms with Gasteiger partial charge >= 0.3 is 6.09 Å². The van der Waals surface area contributed by atoms with Crippen LogP contribution in [-0.2, 0) is 9.53 Å². The third-order valence-electron chi connectivity index (χ3n) is 0.994. The molecule has 0 unspecified atom stereocenters. The van der Waals surface area contributed by atoms with Crippen LogP contribution >= 0.6 is 0 Å². The Hall–Kier alpha value is -1.06. The molecule has 1 radical (unpaired) electrons. The summed E-state index contributed by atoms with van der Waals surface area (Å²) in [7, 11) is 3.23. The number of nitrogens with zero attached hydrogens (tertiary/aromatic N) is 1. The van der Waals surface area contributed by atoms with Gasteiger partial charge in [0.05, 0.1) is 7.05 Å². The lowest BCUT2D eigenvalue weighted by molar-refractivity contribution is -0.125. The largest absolute Gasteiger partial charge is 0.443 e. The highest BCUT2D eigenvalue weighted by atomic mass is 16.6. The van der Waals surface area contributed by atoms with Crippen molar-refractivity contribution in [3.05, 3.63) is 7.05 Å². The summed E-state index contributed by atoms with van der Waals surface area (Å²) in [6.07, 6.45) is -0.727. The van der Waals surface area contributed by atoms with Crippen LogP contribution in [0.1, 0.15) is 27.7 Å². The van der Waals surface area contributed by atoms with Crippen LogP contribution in [-0.4, -0.2) is 22.5 Å². The van der Waals surface area contributed by atoms with Gasteiger partial charge in [-0.25, -0.2) is 9.69 Å². The third kappa shape index (κ3) is 3.95. The Kier molecular flexibility index (Phi) is 3.24. The number of imide groups is 1. The van der Waals surface area contributed by atoms with E-state index in [0.29, 0.717) is 4.90 Å². The van der Waals surface area contributed by atoms with Crippen molar-refractivity contribution in [2.24, 2.45) is 0 Å². The highest BCUT2D eigenvalue weighted by molar-refractivity contribution is 5.90. The summed E-state index contributed by atoms with van der Waals surface area (Å²) in [6, 6.07) is 0. The molecule has 0 aliphatic rings. The zero-order valence-electron chi connectivity index (χ0n) is 7.88. The van der Waals surface area contributed by atoms with E-state index in [1.807, 2.05) is 0 Å². The Balaban J connectivity index is 4.15. The molecule has 0 aliphatic heterocycles. The van der Waals surface area contributed by atoms with Crippen LogP contribution in [0, 0.1) is 7.05 Å². The lowest BCUT2D eigenvalue weighted by atomic mass is 10.2. The van der Waals surface area contributed by atoms with Gasteiger partial charge in [-0.05, 0) is 20.8 Å². The Morgan fingerprint density at radius 2 is 1.75 bits per heavy atom. The van der Waals surface area contributed by atoms with E-state index in [1.54, 1.807) is 20.8 Å². The molecule has 4 heteroatoms. The molecule has 0 atom stereocenters. The van der Waals surface area contributed by atoms with Crippen LogP contribution in [0.2, 0.25) is 0 Å². The van der Waals surface area contributed by atoms with Crippen molar-refractivity contribution < 1.29 is 14.3 Å². The molecule has 0 aromatic carbocycles. The Bertz CT molecular complexity index is 193. The molecule has 0 N–H and O–H groups in total. The molecule has 0 aromatic rings. The number of amides is 2. The maximum atomic E-state index is 11.0. The standard InChI is InChI=1S/C8H14NO3/c1-6(10)9(5)7(11)12-8(2,3)4/h5H2,1-4H3. The number of hydrogen-bond donors (Lipinski definition) is 0. The summed E-state index contributed by atoms with van der Waals surface area (Å²) in [6.45, 7) is 6.41. The summed E-state index contributed by atoms with van der Waals surface area (Å²) >= 11 is 0. The van der Waals surface area contributed by atoms with Crippen LogP contribution in [0.25, 0.3) is 0 Å². The second-order valence-electron chi connectivity index (χ2n) is 3.43. The number of ether oxygens (including phenoxy) is 1. The second-order valence-corrected chi connectivity index (χ2v) is 3.43. The smallest absolute Gasteiger partial charge is 0.417 e. The number of hydrogen-bond acceptors (Lipinski definition) is 3. The fourth-order valence-corrected chi connectivity index (χ4v) is 0.446. The van der Waals surface area contributed by atoms with Crippen molar-refractivity contribution in [3.63, 3.8) is 0 Å². The van der Waals surface area contributed by atoms with E-state index in [0.717, 1.165) is 0 Å². The summed E-state index contributed by atoms with van der Waals surface area (Å²) in [5.74, 6) is -0.441. The molecule has 0 aliphatic carbocycles. The highest BCUT2D eigenvalue weighted by Gasteiger charge is 2.21. The second kappa shape index (κ2) is 3.56. The van der Waals surface area contributed by atoms with E-state index < -0.39 is 17.6 Å². The van der Waals surface area contributed by atoms with Crippen LogP contribution < -0.4 is 0 Å². The summed E-state index contributed by atoms with van der Waals surface area (Å²) in [5.41, 5.74) is -0.595. The van der Waals surface area contributed by atoms with Gasteiger partial charge in [-0.1, -0.05) is 0 Å². The van der Waals surface area contributed by atoms with E-state index in [1.165, 1.54) is 6.92 Å². The molecule has 0 rings (SSSR count). The zero-order valence-corrected chi connectivity index (χ0v) is 7.88. The maximum absolute atomic E-state index is 11.0. The minimum atomic E-state index is -0.727. The Morgan fingerprint density at radius 1 is 1.33 bits per heavy atom. The molecular formula is C8H14NO3. The minimum Gasteiger partial charge on any atom is -0.443 e.